The number of ether oxygens (including phenoxy) is 1. The summed E-state index contributed by atoms with van der Waals surface area (Å²) in [6.07, 6.45) is 1.64. The van der Waals surface area contributed by atoms with Crippen molar-refractivity contribution in [3.8, 4) is 5.75 Å². The van der Waals surface area contributed by atoms with Crippen molar-refractivity contribution in [3.63, 3.8) is 0 Å². The van der Waals surface area contributed by atoms with Crippen molar-refractivity contribution in [2.75, 3.05) is 5.32 Å². The average Bonchev–Trinajstić information content (AvgIpc) is 2.98. The molecule has 0 aliphatic carbocycles. The summed E-state index contributed by atoms with van der Waals surface area (Å²) in [6.45, 7) is 3.89. The molecule has 0 spiro atoms. The lowest BCUT2D eigenvalue weighted by molar-refractivity contribution is 0.103. The fraction of sp³-hybridized carbons (Fsp3) is 0.167. The van der Waals surface area contributed by atoms with E-state index in [-0.39, 0.29) is 17.5 Å². The van der Waals surface area contributed by atoms with Crippen molar-refractivity contribution in [1.29, 1.82) is 0 Å². The molecule has 0 aliphatic rings. The number of aromatic nitrogens is 2. The van der Waals surface area contributed by atoms with E-state index >= 15 is 0 Å². The lowest BCUT2D eigenvalue weighted by Gasteiger charge is -2.05. The van der Waals surface area contributed by atoms with E-state index in [1.54, 1.807) is 13.1 Å². The van der Waals surface area contributed by atoms with Gasteiger partial charge in [-0.15, -0.1) is 11.3 Å². The van der Waals surface area contributed by atoms with Gasteiger partial charge in [-0.3, -0.25) is 9.78 Å². The Hall–Kier alpha value is -2.51. The number of nitrogens with zero attached hydrogens (tertiary/aromatic N) is 2. The van der Waals surface area contributed by atoms with Gasteiger partial charge in [-0.25, -0.2) is 9.37 Å². The summed E-state index contributed by atoms with van der Waals surface area (Å²) in [5, 5.41) is 3.31. The number of carbonyl (C=O) groups is 1. The van der Waals surface area contributed by atoms with Crippen LogP contribution in [-0.4, -0.2) is 15.9 Å². The number of pyridine rings is 1. The molecule has 1 N–H and O–H groups in total. The smallest absolute Gasteiger partial charge is 0.267 e. The minimum Gasteiger partial charge on any atom is -0.485 e. The summed E-state index contributed by atoms with van der Waals surface area (Å²) in [5.74, 6) is -0.231. The minimum atomic E-state index is -0.538. The Bertz CT molecular complexity index is 944. The fourth-order valence-corrected chi connectivity index (χ4v) is 3.22. The van der Waals surface area contributed by atoms with Crippen LogP contribution in [0.1, 0.15) is 26.1 Å². The highest BCUT2D eigenvalue weighted by Crippen LogP contribution is 2.23. The van der Waals surface area contributed by atoms with Gasteiger partial charge in [0.2, 0.25) is 0 Å². The van der Waals surface area contributed by atoms with Crippen LogP contribution in [0.25, 0.3) is 0 Å². The largest absolute Gasteiger partial charge is 0.485 e. The molecule has 26 heavy (non-hydrogen) atoms. The van der Waals surface area contributed by atoms with Crippen LogP contribution in [0.3, 0.4) is 0 Å². The van der Waals surface area contributed by atoms with Gasteiger partial charge < -0.3 is 10.1 Å². The molecule has 0 unspecified atom stereocenters. The van der Waals surface area contributed by atoms with Crippen LogP contribution in [-0.2, 0) is 6.61 Å². The topological polar surface area (TPSA) is 64.1 Å². The third-order valence-corrected chi connectivity index (χ3v) is 4.89. The van der Waals surface area contributed by atoms with Gasteiger partial charge in [-0.2, -0.15) is 0 Å². The molecular weight excluding hydrogens is 377 g/mol. The molecule has 0 atom stereocenters. The van der Waals surface area contributed by atoms with Gasteiger partial charge in [0, 0.05) is 11.4 Å². The molecule has 5 nitrogen and oxygen atoms in total. The van der Waals surface area contributed by atoms with E-state index < -0.39 is 5.82 Å². The number of benzene rings is 1. The number of carbonyl (C=O) groups excluding carboxylic acids is 1. The molecule has 3 rings (SSSR count). The number of hydrogen-bond acceptors (Lipinski definition) is 5. The van der Waals surface area contributed by atoms with Crippen LogP contribution in [0.5, 0.6) is 5.75 Å². The second-order valence-corrected chi connectivity index (χ2v) is 7.02. The second kappa shape index (κ2) is 7.80. The number of halogens is 2. The van der Waals surface area contributed by atoms with Crippen molar-refractivity contribution in [3.05, 3.63) is 68.6 Å². The third-order valence-electron chi connectivity index (χ3n) is 3.47. The van der Waals surface area contributed by atoms with Crippen LogP contribution < -0.4 is 10.1 Å². The maximum Gasteiger partial charge on any atom is 0.267 e. The first-order valence-electron chi connectivity index (χ1n) is 7.70. The maximum atomic E-state index is 13.2. The number of rotatable bonds is 5. The lowest BCUT2D eigenvalue weighted by atomic mass is 10.3. The van der Waals surface area contributed by atoms with Crippen LogP contribution >= 0.6 is 22.9 Å². The molecule has 0 fully saturated rings. The maximum absolute atomic E-state index is 13.2. The van der Waals surface area contributed by atoms with E-state index in [9.17, 15) is 9.18 Å². The van der Waals surface area contributed by atoms with Crippen LogP contribution in [0, 0.1) is 19.7 Å². The molecule has 0 saturated heterocycles. The first kappa shape index (κ1) is 18.3. The van der Waals surface area contributed by atoms with Gasteiger partial charge in [0.25, 0.3) is 5.91 Å². The Morgan fingerprint density at radius 1 is 1.31 bits per heavy atom. The lowest BCUT2D eigenvalue weighted by Crippen LogP contribution is -2.11. The zero-order valence-corrected chi connectivity index (χ0v) is 15.6. The van der Waals surface area contributed by atoms with Gasteiger partial charge in [-0.1, -0.05) is 11.6 Å². The van der Waals surface area contributed by atoms with Crippen LogP contribution in [0.15, 0.2) is 36.5 Å². The standard InChI is InChI=1S/C18H15ClFN3O2S/c1-10-3-5-13(8-21-10)25-9-16-22-11(2)17(26-16)18(24)23-12-4-6-15(20)14(19)7-12/h3-8H,9H2,1-2H3,(H,23,24). The molecule has 3 aromatic rings. The predicted octanol–water partition coefficient (Wildman–Crippen LogP) is 4.78. The van der Waals surface area contributed by atoms with Crippen LogP contribution in [0.4, 0.5) is 10.1 Å². The highest BCUT2D eigenvalue weighted by atomic mass is 35.5. The minimum absolute atomic E-state index is 0.0513. The van der Waals surface area contributed by atoms with E-state index in [4.69, 9.17) is 16.3 Å². The summed E-state index contributed by atoms with van der Waals surface area (Å²) in [7, 11) is 0. The predicted molar refractivity (Wildman–Crippen MR) is 99.5 cm³/mol. The molecule has 1 aromatic carbocycles. The monoisotopic (exact) mass is 391 g/mol. The third kappa shape index (κ3) is 4.36. The molecule has 2 aromatic heterocycles. The molecular formula is C18H15ClFN3O2S. The summed E-state index contributed by atoms with van der Waals surface area (Å²) in [6, 6.07) is 7.69. The van der Waals surface area contributed by atoms with E-state index in [0.717, 1.165) is 5.69 Å². The first-order valence-corrected chi connectivity index (χ1v) is 8.90. The van der Waals surface area contributed by atoms with Crippen LogP contribution in [0.2, 0.25) is 5.02 Å². The molecule has 8 heteroatoms. The van der Waals surface area contributed by atoms with Crippen molar-refractivity contribution in [2.24, 2.45) is 0 Å². The van der Waals surface area contributed by atoms with Gasteiger partial charge in [-0.05, 0) is 44.2 Å². The molecule has 134 valence electrons. The second-order valence-electron chi connectivity index (χ2n) is 5.53. The molecule has 0 radical (unpaired) electrons. The quantitative estimate of drug-likeness (QED) is 0.679. The first-order chi connectivity index (χ1) is 12.4. The highest BCUT2D eigenvalue weighted by molar-refractivity contribution is 7.13. The summed E-state index contributed by atoms with van der Waals surface area (Å²) < 4.78 is 18.8. The molecule has 2 heterocycles. The van der Waals surface area contributed by atoms with Gasteiger partial charge >= 0.3 is 0 Å². The van der Waals surface area contributed by atoms with E-state index in [1.165, 1.54) is 29.5 Å². The van der Waals surface area contributed by atoms with Gasteiger partial charge in [0.1, 0.15) is 28.1 Å². The molecule has 0 aliphatic heterocycles. The Balaban J connectivity index is 1.67. The fourth-order valence-electron chi connectivity index (χ4n) is 2.17. The average molecular weight is 392 g/mol. The number of thiazole rings is 1. The van der Waals surface area contributed by atoms with E-state index in [0.29, 0.717) is 27.0 Å². The zero-order valence-electron chi connectivity index (χ0n) is 14.0. The number of nitrogens with one attached hydrogen (secondary N) is 1. The number of anilines is 1. The van der Waals surface area contributed by atoms with Crippen molar-refractivity contribution < 1.29 is 13.9 Å². The summed E-state index contributed by atoms with van der Waals surface area (Å²) in [5.41, 5.74) is 1.92. The number of aryl methyl sites for hydroxylation is 2. The molecule has 1 amide bonds. The van der Waals surface area contributed by atoms with E-state index in [1.807, 2.05) is 19.1 Å². The normalized spacial score (nSPS) is 10.6. The van der Waals surface area contributed by atoms with Gasteiger partial charge in [0.05, 0.1) is 16.9 Å². The summed E-state index contributed by atoms with van der Waals surface area (Å²) in [4.78, 5) is 21.4. The van der Waals surface area contributed by atoms with E-state index in [2.05, 4.69) is 15.3 Å². The molecule has 0 bridgehead atoms. The summed E-state index contributed by atoms with van der Waals surface area (Å²) >= 11 is 6.97. The van der Waals surface area contributed by atoms with Crippen molar-refractivity contribution in [2.45, 2.75) is 20.5 Å². The Labute approximate surface area is 158 Å². The number of amides is 1. The van der Waals surface area contributed by atoms with Crippen molar-refractivity contribution in [1.82, 2.24) is 9.97 Å². The number of hydrogen-bond donors (Lipinski definition) is 1. The molecule has 0 saturated carbocycles. The van der Waals surface area contributed by atoms with Crippen molar-refractivity contribution >= 4 is 34.5 Å². The Kier molecular flexibility index (Phi) is 5.49. The Morgan fingerprint density at radius 3 is 2.81 bits per heavy atom. The van der Waals surface area contributed by atoms with Gasteiger partial charge in [0.15, 0.2) is 0 Å². The Morgan fingerprint density at radius 2 is 2.12 bits per heavy atom. The zero-order chi connectivity index (χ0) is 18.7. The highest BCUT2D eigenvalue weighted by Gasteiger charge is 2.16. The SMILES string of the molecule is Cc1ccc(OCc2nc(C)c(C(=O)Nc3ccc(F)c(Cl)c3)s2)cn1.